The van der Waals surface area contributed by atoms with E-state index in [0.717, 1.165) is 37.0 Å². The van der Waals surface area contributed by atoms with E-state index in [0.29, 0.717) is 24.5 Å². The summed E-state index contributed by atoms with van der Waals surface area (Å²) in [4.78, 5) is 12.2. The largest absolute Gasteiger partial charge is 0.495 e. The fourth-order valence-electron chi connectivity index (χ4n) is 3.20. The quantitative estimate of drug-likeness (QED) is 0.824. The van der Waals surface area contributed by atoms with Crippen molar-refractivity contribution in [1.29, 1.82) is 0 Å². The van der Waals surface area contributed by atoms with E-state index in [1.165, 1.54) is 17.5 Å². The lowest BCUT2D eigenvalue weighted by molar-refractivity contribution is 0.102. The zero-order valence-corrected chi connectivity index (χ0v) is 16.7. The van der Waals surface area contributed by atoms with Gasteiger partial charge in [-0.2, -0.15) is 4.31 Å². The van der Waals surface area contributed by atoms with E-state index in [9.17, 15) is 17.6 Å². The number of rotatable bonds is 5. The average molecular weight is 406 g/mol. The molecule has 0 atom stereocenters. The minimum absolute atomic E-state index is 0.0561. The van der Waals surface area contributed by atoms with Crippen LogP contribution >= 0.6 is 0 Å². The molecule has 1 fully saturated rings. The molecule has 2 aromatic rings. The van der Waals surface area contributed by atoms with Crippen molar-refractivity contribution in [2.24, 2.45) is 0 Å². The number of methoxy groups -OCH3 is 1. The number of benzene rings is 2. The molecular weight excluding hydrogens is 383 g/mol. The molecule has 3 rings (SSSR count). The minimum atomic E-state index is -3.99. The molecule has 8 heteroatoms. The minimum Gasteiger partial charge on any atom is -0.495 e. The molecule has 0 aliphatic carbocycles. The Morgan fingerprint density at radius 3 is 2.50 bits per heavy atom. The maximum Gasteiger partial charge on any atom is 0.255 e. The molecule has 1 N–H and O–H groups in total. The molecule has 1 aliphatic heterocycles. The molecule has 150 valence electrons. The van der Waals surface area contributed by atoms with Crippen LogP contribution in [-0.2, 0) is 10.0 Å². The number of carbonyl (C=O) groups excluding carboxylic acids is 1. The number of anilines is 1. The summed E-state index contributed by atoms with van der Waals surface area (Å²) in [6.45, 7) is 2.59. The summed E-state index contributed by atoms with van der Waals surface area (Å²) >= 11 is 0. The van der Waals surface area contributed by atoms with Crippen LogP contribution in [0.5, 0.6) is 5.75 Å². The molecule has 0 spiro atoms. The second-order valence-corrected chi connectivity index (χ2v) is 8.67. The van der Waals surface area contributed by atoms with Gasteiger partial charge in [-0.05, 0) is 55.7 Å². The second-order valence-electron chi connectivity index (χ2n) is 6.77. The van der Waals surface area contributed by atoms with Crippen LogP contribution in [0.4, 0.5) is 10.1 Å². The number of piperidine rings is 1. The van der Waals surface area contributed by atoms with Gasteiger partial charge in [0.15, 0.2) is 0 Å². The Bertz CT molecular complexity index is 986. The van der Waals surface area contributed by atoms with Crippen molar-refractivity contribution in [3.8, 4) is 5.75 Å². The Labute approximate surface area is 164 Å². The second kappa shape index (κ2) is 8.28. The van der Waals surface area contributed by atoms with Gasteiger partial charge in [-0.1, -0.05) is 12.5 Å². The van der Waals surface area contributed by atoms with E-state index >= 15 is 0 Å². The smallest absolute Gasteiger partial charge is 0.255 e. The predicted octanol–water partition coefficient (Wildman–Crippen LogP) is 3.57. The monoisotopic (exact) mass is 406 g/mol. The van der Waals surface area contributed by atoms with Gasteiger partial charge >= 0.3 is 0 Å². The Kier molecular flexibility index (Phi) is 6.00. The number of sulfonamides is 1. The van der Waals surface area contributed by atoms with Crippen LogP contribution in [0, 0.1) is 12.7 Å². The van der Waals surface area contributed by atoms with E-state index in [4.69, 9.17) is 4.74 Å². The van der Waals surface area contributed by atoms with E-state index in [-0.39, 0.29) is 5.56 Å². The summed E-state index contributed by atoms with van der Waals surface area (Å²) in [5.41, 5.74) is 1.43. The molecule has 1 heterocycles. The van der Waals surface area contributed by atoms with Crippen LogP contribution < -0.4 is 10.1 Å². The fourth-order valence-corrected chi connectivity index (χ4v) is 4.81. The van der Waals surface area contributed by atoms with Crippen molar-refractivity contribution in [2.75, 3.05) is 25.5 Å². The van der Waals surface area contributed by atoms with Gasteiger partial charge in [-0.25, -0.2) is 12.8 Å². The van der Waals surface area contributed by atoms with Crippen molar-refractivity contribution >= 4 is 21.6 Å². The number of carbonyl (C=O) groups is 1. The number of nitrogens with zero attached hydrogens (tertiary/aromatic N) is 1. The summed E-state index contributed by atoms with van der Waals surface area (Å²) in [6, 6.07) is 8.68. The first-order valence-electron chi connectivity index (χ1n) is 9.08. The van der Waals surface area contributed by atoms with Crippen molar-refractivity contribution in [1.82, 2.24) is 4.31 Å². The molecule has 0 saturated carbocycles. The highest BCUT2D eigenvalue weighted by Crippen LogP contribution is 2.27. The lowest BCUT2D eigenvalue weighted by Gasteiger charge is -2.26. The van der Waals surface area contributed by atoms with Crippen molar-refractivity contribution in [3.05, 3.63) is 53.3 Å². The van der Waals surface area contributed by atoms with Crippen LogP contribution in [0.15, 0.2) is 41.3 Å². The molecule has 1 saturated heterocycles. The standard InChI is InChI=1S/C20H23FN2O4S/c1-14-6-9-18(27-2)17(12-14)22-20(24)15-7-8-16(21)19(13-15)28(25,26)23-10-4-3-5-11-23/h6-9,12-13H,3-5,10-11H2,1-2H3,(H,22,24). The van der Waals surface area contributed by atoms with Crippen molar-refractivity contribution in [2.45, 2.75) is 31.1 Å². The SMILES string of the molecule is COc1ccc(C)cc1NC(=O)c1ccc(F)c(S(=O)(=O)N2CCCCC2)c1. The van der Waals surface area contributed by atoms with Gasteiger partial charge in [-0.3, -0.25) is 4.79 Å². The number of amides is 1. The third kappa shape index (κ3) is 4.18. The Balaban J connectivity index is 1.91. The van der Waals surface area contributed by atoms with Gasteiger partial charge in [-0.15, -0.1) is 0 Å². The van der Waals surface area contributed by atoms with Gasteiger partial charge in [0.25, 0.3) is 5.91 Å². The number of aryl methyl sites for hydroxylation is 1. The molecule has 0 aromatic heterocycles. The molecule has 28 heavy (non-hydrogen) atoms. The average Bonchev–Trinajstić information content (AvgIpc) is 2.69. The van der Waals surface area contributed by atoms with Crippen molar-refractivity contribution in [3.63, 3.8) is 0 Å². The molecular formula is C20H23FN2O4S. The molecule has 0 radical (unpaired) electrons. The summed E-state index contributed by atoms with van der Waals surface area (Å²) in [5.74, 6) is -0.934. The highest BCUT2D eigenvalue weighted by Gasteiger charge is 2.29. The molecule has 1 amide bonds. The Hall–Kier alpha value is -2.45. The Morgan fingerprint density at radius 2 is 1.82 bits per heavy atom. The first kappa shape index (κ1) is 20.3. The van der Waals surface area contributed by atoms with Crippen LogP contribution in [-0.4, -0.2) is 38.8 Å². The van der Waals surface area contributed by atoms with Crippen molar-refractivity contribution < 1.29 is 22.3 Å². The zero-order valence-electron chi connectivity index (χ0n) is 15.9. The topological polar surface area (TPSA) is 75.7 Å². The fraction of sp³-hybridized carbons (Fsp3) is 0.350. The first-order chi connectivity index (χ1) is 13.3. The summed E-state index contributed by atoms with van der Waals surface area (Å²) in [5, 5.41) is 2.70. The van der Waals surface area contributed by atoms with Crippen LogP contribution in [0.1, 0.15) is 35.2 Å². The molecule has 6 nitrogen and oxygen atoms in total. The van der Waals surface area contributed by atoms with Gasteiger partial charge in [0.2, 0.25) is 10.0 Å². The van der Waals surface area contributed by atoms with Crippen LogP contribution in [0.3, 0.4) is 0 Å². The number of halogens is 1. The summed E-state index contributed by atoms with van der Waals surface area (Å²) in [6.07, 6.45) is 2.44. The lowest BCUT2D eigenvalue weighted by atomic mass is 10.1. The van der Waals surface area contributed by atoms with Crippen LogP contribution in [0.25, 0.3) is 0 Å². The normalized spacial score (nSPS) is 15.2. The van der Waals surface area contributed by atoms with E-state index < -0.39 is 26.6 Å². The van der Waals surface area contributed by atoms with Gasteiger partial charge in [0.1, 0.15) is 16.5 Å². The molecule has 1 aliphatic rings. The third-order valence-corrected chi connectivity index (χ3v) is 6.64. The summed E-state index contributed by atoms with van der Waals surface area (Å²) < 4.78 is 46.5. The van der Waals surface area contributed by atoms with Gasteiger partial charge in [0.05, 0.1) is 12.8 Å². The molecule has 0 unspecified atom stereocenters. The van der Waals surface area contributed by atoms with E-state index in [1.807, 2.05) is 13.0 Å². The lowest BCUT2D eigenvalue weighted by Crippen LogP contribution is -2.36. The maximum absolute atomic E-state index is 14.3. The Morgan fingerprint density at radius 1 is 1.11 bits per heavy atom. The summed E-state index contributed by atoms with van der Waals surface area (Å²) in [7, 11) is -2.50. The highest BCUT2D eigenvalue weighted by molar-refractivity contribution is 7.89. The number of ether oxygens (including phenoxy) is 1. The highest BCUT2D eigenvalue weighted by atomic mass is 32.2. The number of hydrogen-bond donors (Lipinski definition) is 1. The zero-order chi connectivity index (χ0) is 20.3. The van der Waals surface area contributed by atoms with Gasteiger partial charge < -0.3 is 10.1 Å². The third-order valence-electron chi connectivity index (χ3n) is 4.73. The molecule has 2 aromatic carbocycles. The van der Waals surface area contributed by atoms with Gasteiger partial charge in [0, 0.05) is 18.7 Å². The number of nitrogens with one attached hydrogen (secondary N) is 1. The van der Waals surface area contributed by atoms with E-state index in [2.05, 4.69) is 5.32 Å². The predicted molar refractivity (Wildman–Crippen MR) is 105 cm³/mol. The van der Waals surface area contributed by atoms with E-state index in [1.54, 1.807) is 12.1 Å². The maximum atomic E-state index is 14.3. The number of hydrogen-bond acceptors (Lipinski definition) is 4. The first-order valence-corrected chi connectivity index (χ1v) is 10.5. The van der Waals surface area contributed by atoms with Crippen LogP contribution in [0.2, 0.25) is 0 Å². The molecule has 0 bridgehead atoms.